The maximum absolute atomic E-state index is 13.3. The minimum Gasteiger partial charge on any atom is -0.343 e. The highest BCUT2D eigenvalue weighted by Gasteiger charge is 2.26. The van der Waals surface area contributed by atoms with Crippen LogP contribution < -0.4 is 4.90 Å². The van der Waals surface area contributed by atoms with Gasteiger partial charge >= 0.3 is 0 Å². The summed E-state index contributed by atoms with van der Waals surface area (Å²) in [5.41, 5.74) is 1.61. The predicted octanol–water partition coefficient (Wildman–Crippen LogP) is 2.51. The SMILES string of the molecule is O=C(CCN1C(=O)CCc2cc(F)ccc21)N1CCCCC1. The molecule has 0 bridgehead atoms. The van der Waals surface area contributed by atoms with Gasteiger partial charge in [0, 0.05) is 38.2 Å². The minimum absolute atomic E-state index is 0.0190. The maximum atomic E-state index is 13.3. The monoisotopic (exact) mass is 304 g/mol. The Kier molecular flexibility index (Phi) is 4.41. The number of benzene rings is 1. The summed E-state index contributed by atoms with van der Waals surface area (Å²) in [5, 5.41) is 0. The Morgan fingerprint density at radius 1 is 1.14 bits per heavy atom. The van der Waals surface area contributed by atoms with Crippen molar-refractivity contribution in [2.24, 2.45) is 0 Å². The molecule has 0 unspecified atom stereocenters. The molecule has 0 aromatic heterocycles. The van der Waals surface area contributed by atoms with Crippen LogP contribution in [0.1, 0.15) is 37.7 Å². The van der Waals surface area contributed by atoms with E-state index in [0.717, 1.165) is 37.2 Å². The van der Waals surface area contributed by atoms with Crippen LogP contribution in [0.2, 0.25) is 0 Å². The van der Waals surface area contributed by atoms with Crippen LogP contribution in [0.3, 0.4) is 0 Å². The van der Waals surface area contributed by atoms with Crippen LogP contribution in [0.4, 0.5) is 10.1 Å². The number of carbonyl (C=O) groups is 2. The molecule has 0 saturated carbocycles. The maximum Gasteiger partial charge on any atom is 0.227 e. The summed E-state index contributed by atoms with van der Waals surface area (Å²) >= 11 is 0. The van der Waals surface area contributed by atoms with Crippen molar-refractivity contribution < 1.29 is 14.0 Å². The number of amides is 2. The number of hydrogen-bond donors (Lipinski definition) is 0. The molecule has 2 aliphatic heterocycles. The van der Waals surface area contributed by atoms with Crippen molar-refractivity contribution in [3.8, 4) is 0 Å². The molecule has 1 aromatic carbocycles. The van der Waals surface area contributed by atoms with E-state index in [1.54, 1.807) is 11.0 Å². The lowest BCUT2D eigenvalue weighted by molar-refractivity contribution is -0.131. The Labute approximate surface area is 129 Å². The molecule has 2 amide bonds. The second-order valence-electron chi connectivity index (χ2n) is 6.01. The van der Waals surface area contributed by atoms with E-state index < -0.39 is 0 Å². The number of hydrogen-bond acceptors (Lipinski definition) is 2. The Balaban J connectivity index is 1.67. The van der Waals surface area contributed by atoms with Gasteiger partial charge < -0.3 is 9.80 Å². The van der Waals surface area contributed by atoms with Gasteiger partial charge in [-0.05, 0) is 49.4 Å². The van der Waals surface area contributed by atoms with Gasteiger partial charge in [0.1, 0.15) is 5.82 Å². The van der Waals surface area contributed by atoms with Gasteiger partial charge in [-0.2, -0.15) is 0 Å². The molecule has 118 valence electrons. The molecule has 22 heavy (non-hydrogen) atoms. The van der Waals surface area contributed by atoms with Gasteiger partial charge in [-0.3, -0.25) is 9.59 Å². The fourth-order valence-corrected chi connectivity index (χ4v) is 3.28. The van der Waals surface area contributed by atoms with Crippen molar-refractivity contribution in [1.29, 1.82) is 0 Å². The molecule has 1 saturated heterocycles. The number of aryl methyl sites for hydroxylation is 1. The van der Waals surface area contributed by atoms with Crippen molar-refractivity contribution in [2.45, 2.75) is 38.5 Å². The summed E-state index contributed by atoms with van der Waals surface area (Å²) in [6, 6.07) is 4.51. The van der Waals surface area contributed by atoms with Crippen LogP contribution in [0.15, 0.2) is 18.2 Å². The van der Waals surface area contributed by atoms with E-state index >= 15 is 0 Å². The van der Waals surface area contributed by atoms with Crippen molar-refractivity contribution in [3.63, 3.8) is 0 Å². The highest BCUT2D eigenvalue weighted by atomic mass is 19.1. The largest absolute Gasteiger partial charge is 0.343 e. The van der Waals surface area contributed by atoms with Gasteiger partial charge in [0.2, 0.25) is 11.8 Å². The zero-order chi connectivity index (χ0) is 15.5. The van der Waals surface area contributed by atoms with Crippen molar-refractivity contribution in [1.82, 2.24) is 4.90 Å². The number of anilines is 1. The molecule has 0 aliphatic carbocycles. The first-order valence-electron chi connectivity index (χ1n) is 8.02. The molecule has 1 aromatic rings. The summed E-state index contributed by atoms with van der Waals surface area (Å²) in [6.45, 7) is 2.04. The van der Waals surface area contributed by atoms with Gasteiger partial charge in [-0.25, -0.2) is 4.39 Å². The van der Waals surface area contributed by atoms with Gasteiger partial charge in [0.05, 0.1) is 0 Å². The number of carbonyl (C=O) groups excluding carboxylic acids is 2. The van der Waals surface area contributed by atoms with E-state index in [1.807, 2.05) is 4.90 Å². The van der Waals surface area contributed by atoms with Crippen LogP contribution in [0, 0.1) is 5.82 Å². The Bertz CT molecular complexity index is 582. The molecular weight excluding hydrogens is 283 g/mol. The summed E-state index contributed by atoms with van der Waals surface area (Å²) < 4.78 is 13.3. The van der Waals surface area contributed by atoms with Gasteiger partial charge in [-0.1, -0.05) is 0 Å². The zero-order valence-electron chi connectivity index (χ0n) is 12.7. The predicted molar refractivity (Wildman–Crippen MR) is 82.1 cm³/mol. The summed E-state index contributed by atoms with van der Waals surface area (Å²) in [6.07, 6.45) is 4.61. The number of halogens is 1. The van der Waals surface area contributed by atoms with Crippen LogP contribution in [0.25, 0.3) is 0 Å². The van der Waals surface area contributed by atoms with Crippen molar-refractivity contribution >= 4 is 17.5 Å². The van der Waals surface area contributed by atoms with E-state index in [0.29, 0.717) is 25.8 Å². The second kappa shape index (κ2) is 6.46. The first-order valence-corrected chi connectivity index (χ1v) is 8.02. The lowest BCUT2D eigenvalue weighted by atomic mass is 10.0. The molecule has 0 atom stereocenters. The average Bonchev–Trinajstić information content (AvgIpc) is 2.54. The fraction of sp³-hybridized carbons (Fsp3) is 0.529. The quantitative estimate of drug-likeness (QED) is 0.861. The molecule has 3 rings (SSSR count). The van der Waals surface area contributed by atoms with E-state index in [1.165, 1.54) is 18.6 Å². The van der Waals surface area contributed by atoms with E-state index in [4.69, 9.17) is 0 Å². The molecule has 1 fully saturated rings. The number of nitrogens with zero attached hydrogens (tertiary/aromatic N) is 2. The minimum atomic E-state index is -0.280. The average molecular weight is 304 g/mol. The lowest BCUT2D eigenvalue weighted by Gasteiger charge is -2.31. The third-order valence-corrected chi connectivity index (χ3v) is 4.50. The number of likely N-dealkylation sites (tertiary alicyclic amines) is 1. The number of piperidine rings is 1. The summed E-state index contributed by atoms with van der Waals surface area (Å²) in [5.74, 6) is -0.148. The molecule has 4 nitrogen and oxygen atoms in total. The number of fused-ring (bicyclic) bond motifs is 1. The molecule has 5 heteroatoms. The number of rotatable bonds is 3. The molecule has 0 N–H and O–H groups in total. The fourth-order valence-electron chi connectivity index (χ4n) is 3.28. The summed E-state index contributed by atoms with van der Waals surface area (Å²) in [4.78, 5) is 27.9. The van der Waals surface area contributed by atoms with Crippen molar-refractivity contribution in [3.05, 3.63) is 29.6 Å². The topological polar surface area (TPSA) is 40.6 Å². The normalized spacial score (nSPS) is 18.3. The van der Waals surface area contributed by atoms with E-state index in [9.17, 15) is 14.0 Å². The van der Waals surface area contributed by atoms with E-state index in [2.05, 4.69) is 0 Å². The van der Waals surface area contributed by atoms with Crippen LogP contribution in [0.5, 0.6) is 0 Å². The first-order chi connectivity index (χ1) is 10.6. The lowest BCUT2D eigenvalue weighted by Crippen LogP contribution is -2.40. The van der Waals surface area contributed by atoms with Gasteiger partial charge in [0.25, 0.3) is 0 Å². The Morgan fingerprint density at radius 3 is 2.68 bits per heavy atom. The molecule has 0 spiro atoms. The molecule has 2 heterocycles. The molecule has 2 aliphatic rings. The second-order valence-corrected chi connectivity index (χ2v) is 6.01. The van der Waals surface area contributed by atoms with Crippen LogP contribution in [-0.2, 0) is 16.0 Å². The Morgan fingerprint density at radius 2 is 1.91 bits per heavy atom. The smallest absolute Gasteiger partial charge is 0.227 e. The first kappa shape index (κ1) is 15.0. The molecule has 0 radical (unpaired) electrons. The Hall–Kier alpha value is -1.91. The van der Waals surface area contributed by atoms with Gasteiger partial charge in [-0.15, -0.1) is 0 Å². The zero-order valence-corrected chi connectivity index (χ0v) is 12.7. The van der Waals surface area contributed by atoms with Crippen molar-refractivity contribution in [2.75, 3.05) is 24.5 Å². The van der Waals surface area contributed by atoms with Gasteiger partial charge in [0.15, 0.2) is 0 Å². The molecular formula is C17H21FN2O2. The summed E-state index contributed by atoms with van der Waals surface area (Å²) in [7, 11) is 0. The standard InChI is InChI=1S/C17H21FN2O2/c18-14-5-6-15-13(12-14)4-7-17(22)20(15)11-8-16(21)19-9-2-1-3-10-19/h5-6,12H,1-4,7-11H2. The van der Waals surface area contributed by atoms with Crippen LogP contribution >= 0.6 is 0 Å². The third kappa shape index (κ3) is 3.13. The van der Waals surface area contributed by atoms with E-state index in [-0.39, 0.29) is 17.6 Å². The highest BCUT2D eigenvalue weighted by Crippen LogP contribution is 2.28. The third-order valence-electron chi connectivity index (χ3n) is 4.50. The highest BCUT2D eigenvalue weighted by molar-refractivity contribution is 5.97. The van der Waals surface area contributed by atoms with Crippen LogP contribution in [-0.4, -0.2) is 36.3 Å².